The highest BCUT2D eigenvalue weighted by Gasteiger charge is 2.36. The first-order valence-corrected chi connectivity index (χ1v) is 6.18. The number of ketones is 1. The SMILES string of the molecule is CC1CC(OC(=O)OC(C)(C)C)=CC(C)(C)C1=O. The molecule has 1 unspecified atom stereocenters. The van der Waals surface area contributed by atoms with Gasteiger partial charge in [0, 0.05) is 17.8 Å². The highest BCUT2D eigenvalue weighted by atomic mass is 16.7. The number of carbonyl (C=O) groups is 2. The van der Waals surface area contributed by atoms with Crippen molar-refractivity contribution in [3.8, 4) is 0 Å². The number of rotatable bonds is 1. The Morgan fingerprint density at radius 1 is 1.39 bits per heavy atom. The summed E-state index contributed by atoms with van der Waals surface area (Å²) in [5.74, 6) is 0.544. The predicted octanol–water partition coefficient (Wildman–Crippen LogP) is 3.46. The second-order valence-electron chi connectivity index (χ2n) is 6.37. The largest absolute Gasteiger partial charge is 0.514 e. The molecule has 0 aromatic heterocycles. The van der Waals surface area contributed by atoms with Gasteiger partial charge in [-0.25, -0.2) is 4.79 Å². The maximum atomic E-state index is 11.9. The van der Waals surface area contributed by atoms with Gasteiger partial charge in [-0.3, -0.25) is 4.79 Å². The normalized spacial score (nSPS) is 23.3. The zero-order valence-corrected chi connectivity index (χ0v) is 12.0. The van der Waals surface area contributed by atoms with Crippen LogP contribution in [0.1, 0.15) is 48.0 Å². The van der Waals surface area contributed by atoms with E-state index in [0.29, 0.717) is 12.2 Å². The molecule has 0 bridgehead atoms. The maximum Gasteiger partial charge on any atom is 0.514 e. The van der Waals surface area contributed by atoms with Crippen molar-refractivity contribution < 1.29 is 19.1 Å². The Balaban J connectivity index is 2.74. The third-order valence-electron chi connectivity index (χ3n) is 2.72. The van der Waals surface area contributed by atoms with E-state index in [4.69, 9.17) is 9.47 Å². The van der Waals surface area contributed by atoms with Crippen LogP contribution in [0.2, 0.25) is 0 Å². The van der Waals surface area contributed by atoms with Crippen molar-refractivity contribution in [3.05, 3.63) is 11.8 Å². The van der Waals surface area contributed by atoms with Crippen LogP contribution in [0.15, 0.2) is 11.8 Å². The van der Waals surface area contributed by atoms with Gasteiger partial charge in [-0.05, 0) is 40.7 Å². The molecule has 4 nitrogen and oxygen atoms in total. The van der Waals surface area contributed by atoms with Crippen LogP contribution in [0.25, 0.3) is 0 Å². The lowest BCUT2D eigenvalue weighted by molar-refractivity contribution is -0.129. The average Bonchev–Trinajstić information content (AvgIpc) is 2.09. The summed E-state index contributed by atoms with van der Waals surface area (Å²) in [5, 5.41) is 0. The number of hydrogen-bond acceptors (Lipinski definition) is 4. The van der Waals surface area contributed by atoms with Crippen LogP contribution in [0.3, 0.4) is 0 Å². The molecule has 0 aromatic carbocycles. The van der Waals surface area contributed by atoms with Crippen LogP contribution in [-0.4, -0.2) is 17.5 Å². The lowest BCUT2D eigenvalue weighted by Crippen LogP contribution is -2.33. The number of Topliss-reactive ketones (excluding diaryl/α,β-unsaturated/α-hetero) is 1. The second-order valence-corrected chi connectivity index (χ2v) is 6.37. The molecule has 1 aliphatic carbocycles. The lowest BCUT2D eigenvalue weighted by Gasteiger charge is -2.30. The molecule has 0 aromatic rings. The van der Waals surface area contributed by atoms with Crippen LogP contribution in [0.4, 0.5) is 4.79 Å². The van der Waals surface area contributed by atoms with Gasteiger partial charge in [0.25, 0.3) is 0 Å². The minimum Gasteiger partial charge on any atom is -0.428 e. The first kappa shape index (κ1) is 14.7. The molecule has 0 N–H and O–H groups in total. The fourth-order valence-electron chi connectivity index (χ4n) is 2.01. The standard InChI is InChI=1S/C14H22O4/c1-9-7-10(8-14(5,6)11(9)15)17-12(16)18-13(2,3)4/h8-9H,7H2,1-6H3. The van der Waals surface area contributed by atoms with E-state index in [1.807, 2.05) is 20.8 Å². The third kappa shape index (κ3) is 3.86. The topological polar surface area (TPSA) is 52.6 Å². The van der Waals surface area contributed by atoms with Crippen LogP contribution in [0, 0.1) is 11.3 Å². The Labute approximate surface area is 108 Å². The molecule has 0 amide bonds. The van der Waals surface area contributed by atoms with E-state index in [9.17, 15) is 9.59 Å². The van der Waals surface area contributed by atoms with Gasteiger partial charge in [0.05, 0.1) is 0 Å². The van der Waals surface area contributed by atoms with Gasteiger partial charge in [0.2, 0.25) is 0 Å². The number of carbonyl (C=O) groups excluding carboxylic acids is 2. The Hall–Kier alpha value is -1.32. The molecule has 0 saturated heterocycles. The minimum absolute atomic E-state index is 0.137. The first-order valence-electron chi connectivity index (χ1n) is 6.18. The zero-order valence-electron chi connectivity index (χ0n) is 12.0. The zero-order chi connectivity index (χ0) is 14.1. The number of hydrogen-bond donors (Lipinski definition) is 0. The predicted molar refractivity (Wildman–Crippen MR) is 68.0 cm³/mol. The molecule has 0 aliphatic heterocycles. The molecule has 4 heteroatoms. The van der Waals surface area contributed by atoms with Crippen molar-refractivity contribution in [3.63, 3.8) is 0 Å². The van der Waals surface area contributed by atoms with E-state index in [0.717, 1.165) is 0 Å². The molecule has 1 atom stereocenters. The maximum absolute atomic E-state index is 11.9. The summed E-state index contributed by atoms with van der Waals surface area (Å²) in [4.78, 5) is 23.4. The summed E-state index contributed by atoms with van der Waals surface area (Å²) in [5.41, 5.74) is -1.17. The Kier molecular flexibility index (Phi) is 3.89. The molecule has 1 aliphatic rings. The monoisotopic (exact) mass is 254 g/mol. The quantitative estimate of drug-likeness (QED) is 0.672. The highest BCUT2D eigenvalue weighted by Crippen LogP contribution is 2.34. The first-order chi connectivity index (χ1) is 8.01. The van der Waals surface area contributed by atoms with Gasteiger partial charge in [-0.2, -0.15) is 0 Å². The van der Waals surface area contributed by atoms with Crippen LogP contribution < -0.4 is 0 Å². The molecule has 0 fully saturated rings. The molecule has 102 valence electrons. The van der Waals surface area contributed by atoms with Crippen molar-refractivity contribution in [1.82, 2.24) is 0 Å². The summed E-state index contributed by atoms with van der Waals surface area (Å²) in [6.45, 7) is 10.8. The van der Waals surface area contributed by atoms with Crippen molar-refractivity contribution in [1.29, 1.82) is 0 Å². The molecule has 0 saturated carbocycles. The van der Waals surface area contributed by atoms with Crippen LogP contribution in [-0.2, 0) is 14.3 Å². The van der Waals surface area contributed by atoms with Gasteiger partial charge in [0.15, 0.2) is 0 Å². The fraction of sp³-hybridized carbons (Fsp3) is 0.714. The molecule has 0 radical (unpaired) electrons. The summed E-state index contributed by atoms with van der Waals surface area (Å²) < 4.78 is 10.3. The van der Waals surface area contributed by atoms with Gasteiger partial charge < -0.3 is 9.47 Å². The molecule has 0 spiro atoms. The van der Waals surface area contributed by atoms with E-state index >= 15 is 0 Å². The summed E-state index contributed by atoms with van der Waals surface area (Å²) in [6, 6.07) is 0. The Morgan fingerprint density at radius 3 is 2.39 bits per heavy atom. The van der Waals surface area contributed by atoms with E-state index < -0.39 is 17.2 Å². The molecule has 1 rings (SSSR count). The van der Waals surface area contributed by atoms with Crippen molar-refractivity contribution in [2.45, 2.75) is 53.6 Å². The van der Waals surface area contributed by atoms with E-state index in [1.54, 1.807) is 26.8 Å². The molecular weight excluding hydrogens is 232 g/mol. The number of allylic oxidation sites excluding steroid dienone is 2. The smallest absolute Gasteiger partial charge is 0.428 e. The van der Waals surface area contributed by atoms with Crippen LogP contribution in [0.5, 0.6) is 0 Å². The van der Waals surface area contributed by atoms with Crippen LogP contribution >= 0.6 is 0 Å². The average molecular weight is 254 g/mol. The van der Waals surface area contributed by atoms with Gasteiger partial charge >= 0.3 is 6.16 Å². The Bertz CT molecular complexity index is 385. The fourth-order valence-corrected chi connectivity index (χ4v) is 2.01. The van der Waals surface area contributed by atoms with Crippen molar-refractivity contribution in [2.75, 3.05) is 0 Å². The third-order valence-corrected chi connectivity index (χ3v) is 2.72. The Morgan fingerprint density at radius 2 is 1.94 bits per heavy atom. The summed E-state index contributed by atoms with van der Waals surface area (Å²) >= 11 is 0. The minimum atomic E-state index is -0.717. The summed E-state index contributed by atoms with van der Waals surface area (Å²) in [6.07, 6.45) is 1.44. The molecule has 18 heavy (non-hydrogen) atoms. The van der Waals surface area contributed by atoms with E-state index in [1.165, 1.54) is 0 Å². The van der Waals surface area contributed by atoms with Gasteiger partial charge in [-0.15, -0.1) is 0 Å². The van der Waals surface area contributed by atoms with Gasteiger partial charge in [0.1, 0.15) is 17.1 Å². The highest BCUT2D eigenvalue weighted by molar-refractivity contribution is 5.89. The van der Waals surface area contributed by atoms with Crippen molar-refractivity contribution >= 4 is 11.9 Å². The number of ether oxygens (including phenoxy) is 2. The van der Waals surface area contributed by atoms with Crippen molar-refractivity contribution in [2.24, 2.45) is 11.3 Å². The summed E-state index contributed by atoms with van der Waals surface area (Å²) in [7, 11) is 0. The molecular formula is C14H22O4. The molecule has 0 heterocycles. The van der Waals surface area contributed by atoms with Gasteiger partial charge in [-0.1, -0.05) is 6.92 Å². The van der Waals surface area contributed by atoms with E-state index in [-0.39, 0.29) is 11.7 Å². The second kappa shape index (κ2) is 4.75. The lowest BCUT2D eigenvalue weighted by atomic mass is 9.75. The van der Waals surface area contributed by atoms with E-state index in [2.05, 4.69) is 0 Å².